The molecule has 0 radical (unpaired) electrons. The van der Waals surface area contributed by atoms with E-state index in [-0.39, 0.29) is 22.3 Å². The standard InChI is InChI=1S/C18H15ClF3NO4/c1-10(24)11-6-7-14(15(8-11)26-2)27-9-16(25)23-17-12(18(20,21)22)4-3-5-13(17)19/h3-8H,9H2,1-2H3,(H,23,25). The second kappa shape index (κ2) is 8.30. The highest BCUT2D eigenvalue weighted by Crippen LogP contribution is 2.38. The van der Waals surface area contributed by atoms with E-state index in [1.54, 1.807) is 0 Å². The molecule has 0 aromatic heterocycles. The van der Waals surface area contributed by atoms with Gasteiger partial charge in [0.25, 0.3) is 5.91 Å². The number of methoxy groups -OCH3 is 1. The molecule has 27 heavy (non-hydrogen) atoms. The minimum Gasteiger partial charge on any atom is -0.493 e. The van der Waals surface area contributed by atoms with Crippen LogP contribution in [0, 0.1) is 0 Å². The molecule has 1 amide bonds. The van der Waals surface area contributed by atoms with Gasteiger partial charge in [-0.25, -0.2) is 0 Å². The van der Waals surface area contributed by atoms with E-state index in [2.05, 4.69) is 5.32 Å². The molecule has 0 heterocycles. The van der Waals surface area contributed by atoms with Crippen LogP contribution in [0.25, 0.3) is 0 Å². The van der Waals surface area contributed by atoms with Gasteiger partial charge in [0, 0.05) is 5.56 Å². The number of carbonyl (C=O) groups is 2. The van der Waals surface area contributed by atoms with Crippen LogP contribution in [0.1, 0.15) is 22.8 Å². The highest BCUT2D eigenvalue weighted by molar-refractivity contribution is 6.34. The van der Waals surface area contributed by atoms with Crippen LogP contribution in [-0.2, 0) is 11.0 Å². The Morgan fingerprint density at radius 3 is 2.44 bits per heavy atom. The lowest BCUT2D eigenvalue weighted by atomic mass is 10.1. The van der Waals surface area contributed by atoms with Gasteiger partial charge in [-0.2, -0.15) is 13.2 Å². The normalized spacial score (nSPS) is 11.0. The van der Waals surface area contributed by atoms with Gasteiger partial charge < -0.3 is 14.8 Å². The third-order valence-corrected chi connectivity index (χ3v) is 3.83. The Kier molecular flexibility index (Phi) is 6.32. The second-order valence-electron chi connectivity index (χ2n) is 5.42. The predicted octanol–water partition coefficient (Wildman–Crippen LogP) is 4.59. The van der Waals surface area contributed by atoms with Crippen LogP contribution in [0.2, 0.25) is 5.02 Å². The molecule has 0 aliphatic heterocycles. The maximum atomic E-state index is 13.0. The summed E-state index contributed by atoms with van der Waals surface area (Å²) in [5, 5.41) is 1.86. The van der Waals surface area contributed by atoms with Crippen molar-refractivity contribution in [2.75, 3.05) is 19.0 Å². The summed E-state index contributed by atoms with van der Waals surface area (Å²) < 4.78 is 49.5. The van der Waals surface area contributed by atoms with E-state index in [1.165, 1.54) is 38.3 Å². The summed E-state index contributed by atoms with van der Waals surface area (Å²) in [6.07, 6.45) is -4.68. The van der Waals surface area contributed by atoms with Crippen molar-refractivity contribution >= 4 is 29.0 Å². The van der Waals surface area contributed by atoms with Crippen molar-refractivity contribution in [3.05, 3.63) is 52.5 Å². The Morgan fingerprint density at radius 2 is 1.85 bits per heavy atom. The van der Waals surface area contributed by atoms with Gasteiger partial charge in [-0.05, 0) is 37.3 Å². The molecular formula is C18H15ClF3NO4. The molecule has 5 nitrogen and oxygen atoms in total. The fourth-order valence-corrected chi connectivity index (χ4v) is 2.43. The fourth-order valence-electron chi connectivity index (χ4n) is 2.21. The highest BCUT2D eigenvalue weighted by atomic mass is 35.5. The second-order valence-corrected chi connectivity index (χ2v) is 5.83. The monoisotopic (exact) mass is 401 g/mol. The average molecular weight is 402 g/mol. The number of benzene rings is 2. The number of rotatable bonds is 6. The molecule has 0 aliphatic carbocycles. The number of anilines is 1. The minimum absolute atomic E-state index is 0.160. The summed E-state index contributed by atoms with van der Waals surface area (Å²) in [6.45, 7) is 0.795. The summed E-state index contributed by atoms with van der Waals surface area (Å²) in [4.78, 5) is 23.4. The summed E-state index contributed by atoms with van der Waals surface area (Å²) >= 11 is 5.78. The fraction of sp³-hybridized carbons (Fsp3) is 0.222. The van der Waals surface area contributed by atoms with E-state index in [9.17, 15) is 22.8 Å². The first-order chi connectivity index (χ1) is 12.6. The maximum Gasteiger partial charge on any atom is 0.418 e. The lowest BCUT2D eigenvalue weighted by molar-refractivity contribution is -0.137. The number of ether oxygens (including phenoxy) is 2. The Balaban J connectivity index is 2.13. The van der Waals surface area contributed by atoms with Crippen LogP contribution in [0.5, 0.6) is 11.5 Å². The summed E-state index contributed by atoms with van der Waals surface area (Å²) in [5.74, 6) is -0.653. The van der Waals surface area contributed by atoms with Crippen molar-refractivity contribution in [1.82, 2.24) is 0 Å². The molecule has 2 aromatic rings. The minimum atomic E-state index is -4.68. The number of hydrogen-bond acceptors (Lipinski definition) is 4. The van der Waals surface area contributed by atoms with E-state index >= 15 is 0 Å². The van der Waals surface area contributed by atoms with Crippen LogP contribution in [0.4, 0.5) is 18.9 Å². The quantitative estimate of drug-likeness (QED) is 0.719. The van der Waals surface area contributed by atoms with Crippen molar-refractivity contribution < 1.29 is 32.2 Å². The SMILES string of the molecule is COc1cc(C(C)=O)ccc1OCC(=O)Nc1c(Cl)cccc1C(F)(F)F. The molecule has 0 spiro atoms. The van der Waals surface area contributed by atoms with Crippen molar-refractivity contribution in [1.29, 1.82) is 0 Å². The summed E-state index contributed by atoms with van der Waals surface area (Å²) in [6, 6.07) is 7.53. The summed E-state index contributed by atoms with van der Waals surface area (Å²) in [5.41, 5.74) is -1.22. The Hall–Kier alpha value is -2.74. The van der Waals surface area contributed by atoms with Crippen molar-refractivity contribution in [2.24, 2.45) is 0 Å². The van der Waals surface area contributed by atoms with Crippen molar-refractivity contribution in [3.8, 4) is 11.5 Å². The number of ketones is 1. The molecule has 0 unspecified atom stereocenters. The number of Topliss-reactive ketones (excluding diaryl/α,β-unsaturated/α-hetero) is 1. The lowest BCUT2D eigenvalue weighted by Crippen LogP contribution is -2.22. The smallest absolute Gasteiger partial charge is 0.418 e. The van der Waals surface area contributed by atoms with Crippen LogP contribution >= 0.6 is 11.6 Å². The van der Waals surface area contributed by atoms with Crippen molar-refractivity contribution in [2.45, 2.75) is 13.1 Å². The van der Waals surface area contributed by atoms with Crippen LogP contribution in [-0.4, -0.2) is 25.4 Å². The van der Waals surface area contributed by atoms with Gasteiger partial charge >= 0.3 is 6.18 Å². The third kappa shape index (κ3) is 5.13. The molecule has 0 saturated carbocycles. The number of alkyl halides is 3. The van der Waals surface area contributed by atoms with Gasteiger partial charge in [-0.15, -0.1) is 0 Å². The molecule has 1 N–H and O–H groups in total. The number of carbonyl (C=O) groups excluding carboxylic acids is 2. The largest absolute Gasteiger partial charge is 0.493 e. The zero-order chi connectivity index (χ0) is 20.2. The average Bonchev–Trinajstić information content (AvgIpc) is 2.60. The highest BCUT2D eigenvalue weighted by Gasteiger charge is 2.34. The van der Waals surface area contributed by atoms with E-state index in [1.807, 2.05) is 0 Å². The molecule has 2 rings (SSSR count). The van der Waals surface area contributed by atoms with Gasteiger partial charge in [0.1, 0.15) is 0 Å². The summed E-state index contributed by atoms with van der Waals surface area (Å²) in [7, 11) is 1.35. The van der Waals surface area contributed by atoms with Crippen LogP contribution < -0.4 is 14.8 Å². The maximum absolute atomic E-state index is 13.0. The molecule has 144 valence electrons. The zero-order valence-corrected chi connectivity index (χ0v) is 15.1. The number of amides is 1. The van der Waals surface area contributed by atoms with Gasteiger partial charge in [-0.3, -0.25) is 9.59 Å². The lowest BCUT2D eigenvalue weighted by Gasteiger charge is -2.16. The van der Waals surface area contributed by atoms with E-state index in [0.717, 1.165) is 12.1 Å². The number of nitrogens with one attached hydrogen (secondary N) is 1. The van der Waals surface area contributed by atoms with Gasteiger partial charge in [0.15, 0.2) is 23.9 Å². The first-order valence-corrected chi connectivity index (χ1v) is 7.98. The van der Waals surface area contributed by atoms with Crippen molar-refractivity contribution in [3.63, 3.8) is 0 Å². The van der Waals surface area contributed by atoms with E-state index < -0.39 is 29.9 Å². The third-order valence-electron chi connectivity index (χ3n) is 3.51. The number of halogens is 4. The molecule has 0 aliphatic rings. The molecule has 2 aromatic carbocycles. The molecule has 9 heteroatoms. The van der Waals surface area contributed by atoms with Gasteiger partial charge in [0.2, 0.25) is 0 Å². The predicted molar refractivity (Wildman–Crippen MR) is 93.6 cm³/mol. The number of para-hydroxylation sites is 1. The van der Waals surface area contributed by atoms with Gasteiger partial charge in [-0.1, -0.05) is 17.7 Å². The topological polar surface area (TPSA) is 64.6 Å². The van der Waals surface area contributed by atoms with Gasteiger partial charge in [0.05, 0.1) is 23.4 Å². The first kappa shape index (κ1) is 20.6. The Labute approximate surface area is 158 Å². The van der Waals surface area contributed by atoms with Crippen LogP contribution in [0.15, 0.2) is 36.4 Å². The number of hydrogen-bond donors (Lipinski definition) is 1. The zero-order valence-electron chi connectivity index (χ0n) is 14.3. The molecule has 0 atom stereocenters. The molecule has 0 fully saturated rings. The Morgan fingerprint density at radius 1 is 1.15 bits per heavy atom. The van der Waals surface area contributed by atoms with Crippen LogP contribution in [0.3, 0.4) is 0 Å². The Bertz CT molecular complexity index is 868. The van der Waals surface area contributed by atoms with E-state index in [0.29, 0.717) is 5.56 Å². The molecule has 0 bridgehead atoms. The molecule has 0 saturated heterocycles. The first-order valence-electron chi connectivity index (χ1n) is 7.60. The van der Waals surface area contributed by atoms with E-state index in [4.69, 9.17) is 21.1 Å². The molecular weight excluding hydrogens is 387 g/mol.